The Morgan fingerprint density at radius 2 is 1.80 bits per heavy atom. The van der Waals surface area contributed by atoms with E-state index >= 15 is 0 Å². The highest BCUT2D eigenvalue weighted by Gasteiger charge is 2.24. The summed E-state index contributed by atoms with van der Waals surface area (Å²) in [7, 11) is 0. The molecular formula is C27H40N2O6. The number of nitrogens with one attached hydrogen (secondary N) is 2. The van der Waals surface area contributed by atoms with E-state index in [1.54, 1.807) is 19.1 Å². The molecule has 8 heteroatoms. The molecule has 0 aliphatic heterocycles. The molecule has 3 atom stereocenters. The van der Waals surface area contributed by atoms with E-state index in [2.05, 4.69) is 23.8 Å². The summed E-state index contributed by atoms with van der Waals surface area (Å²) in [6.07, 6.45) is 5.13. The van der Waals surface area contributed by atoms with Crippen LogP contribution in [-0.4, -0.2) is 61.9 Å². The quantitative estimate of drug-likeness (QED) is 0.157. The standard InChI is InChI=1S/C27H40N2O6/c1-4-6-13-24(18-22-11-8-7-9-12-22)27(33)35-21(3)20-29-26(32)23(10-5-2)19-25(31)28-14-16-34-17-15-30/h4-5,7-9,11-12,21,23-24,30H,1-2,6,10,13-20H2,3H3,(H,28,31)(H,29,32)/t21-,23+,24+/m0/s1. The Morgan fingerprint density at radius 3 is 2.46 bits per heavy atom. The number of carbonyl (C=O) groups excluding carboxylic acids is 3. The van der Waals surface area contributed by atoms with E-state index in [1.165, 1.54) is 0 Å². The van der Waals surface area contributed by atoms with E-state index < -0.39 is 12.0 Å². The average Bonchev–Trinajstić information content (AvgIpc) is 2.85. The summed E-state index contributed by atoms with van der Waals surface area (Å²) in [6.45, 7) is 9.99. The van der Waals surface area contributed by atoms with Gasteiger partial charge >= 0.3 is 5.97 Å². The topological polar surface area (TPSA) is 114 Å². The van der Waals surface area contributed by atoms with E-state index in [9.17, 15) is 14.4 Å². The van der Waals surface area contributed by atoms with Gasteiger partial charge in [0.2, 0.25) is 11.8 Å². The summed E-state index contributed by atoms with van der Waals surface area (Å²) in [5.74, 6) is -1.75. The zero-order valence-corrected chi connectivity index (χ0v) is 20.7. The van der Waals surface area contributed by atoms with Gasteiger partial charge < -0.3 is 25.2 Å². The van der Waals surface area contributed by atoms with Crippen LogP contribution in [0, 0.1) is 11.8 Å². The normalized spacial score (nSPS) is 13.2. The van der Waals surface area contributed by atoms with Gasteiger partial charge in [0, 0.05) is 13.0 Å². The number of hydrogen-bond donors (Lipinski definition) is 3. The van der Waals surface area contributed by atoms with Crippen molar-refractivity contribution >= 4 is 17.8 Å². The number of aliphatic hydroxyl groups is 1. The molecule has 0 aliphatic carbocycles. The average molecular weight is 489 g/mol. The van der Waals surface area contributed by atoms with Crippen molar-refractivity contribution in [2.24, 2.45) is 11.8 Å². The summed E-state index contributed by atoms with van der Waals surface area (Å²) in [5, 5.41) is 14.1. The van der Waals surface area contributed by atoms with Crippen molar-refractivity contribution < 1.29 is 29.0 Å². The van der Waals surface area contributed by atoms with E-state index in [-0.39, 0.29) is 56.5 Å². The van der Waals surface area contributed by atoms with Gasteiger partial charge in [0.05, 0.1) is 38.2 Å². The van der Waals surface area contributed by atoms with Crippen LogP contribution in [0.25, 0.3) is 0 Å². The highest BCUT2D eigenvalue weighted by Crippen LogP contribution is 2.17. The highest BCUT2D eigenvalue weighted by molar-refractivity contribution is 5.86. The minimum absolute atomic E-state index is 0.00667. The van der Waals surface area contributed by atoms with Crippen molar-refractivity contribution in [2.45, 2.75) is 45.1 Å². The van der Waals surface area contributed by atoms with Gasteiger partial charge in [-0.2, -0.15) is 0 Å². The molecule has 0 fully saturated rings. The lowest BCUT2D eigenvalue weighted by Crippen LogP contribution is -2.39. The molecule has 3 N–H and O–H groups in total. The van der Waals surface area contributed by atoms with Crippen LogP contribution < -0.4 is 10.6 Å². The van der Waals surface area contributed by atoms with Crippen LogP contribution in [-0.2, 0) is 30.3 Å². The monoisotopic (exact) mass is 488 g/mol. The molecule has 0 spiro atoms. The summed E-state index contributed by atoms with van der Waals surface area (Å²) in [4.78, 5) is 37.6. The third-order valence-corrected chi connectivity index (χ3v) is 5.32. The van der Waals surface area contributed by atoms with Crippen molar-refractivity contribution in [1.82, 2.24) is 10.6 Å². The molecule has 1 aromatic carbocycles. The second-order valence-corrected chi connectivity index (χ2v) is 8.36. The minimum Gasteiger partial charge on any atom is -0.461 e. The van der Waals surface area contributed by atoms with Gasteiger partial charge in [0.15, 0.2) is 0 Å². The first-order valence-corrected chi connectivity index (χ1v) is 12.1. The fourth-order valence-corrected chi connectivity index (χ4v) is 3.46. The number of esters is 1. The number of benzene rings is 1. The molecular weight excluding hydrogens is 448 g/mol. The summed E-state index contributed by atoms with van der Waals surface area (Å²) < 4.78 is 10.7. The van der Waals surface area contributed by atoms with Crippen LogP contribution in [0.3, 0.4) is 0 Å². The number of allylic oxidation sites excluding steroid dienone is 2. The Bertz CT molecular complexity index is 783. The number of hydrogen-bond acceptors (Lipinski definition) is 6. The number of ether oxygens (including phenoxy) is 2. The molecule has 8 nitrogen and oxygen atoms in total. The molecule has 0 radical (unpaired) electrons. The Balaban J connectivity index is 2.52. The third-order valence-electron chi connectivity index (χ3n) is 5.32. The van der Waals surface area contributed by atoms with Gasteiger partial charge in [0.1, 0.15) is 6.10 Å². The minimum atomic E-state index is -0.577. The number of rotatable bonds is 19. The Hall–Kier alpha value is -2.97. The van der Waals surface area contributed by atoms with Crippen molar-refractivity contribution in [1.29, 1.82) is 0 Å². The first kappa shape index (κ1) is 30.1. The zero-order chi connectivity index (χ0) is 25.9. The molecule has 0 aromatic heterocycles. The zero-order valence-electron chi connectivity index (χ0n) is 20.7. The van der Waals surface area contributed by atoms with E-state index in [4.69, 9.17) is 14.6 Å². The number of amides is 2. The molecule has 0 heterocycles. The molecule has 0 aliphatic rings. The van der Waals surface area contributed by atoms with Crippen LogP contribution in [0.1, 0.15) is 38.2 Å². The molecule has 35 heavy (non-hydrogen) atoms. The van der Waals surface area contributed by atoms with E-state index in [0.29, 0.717) is 32.2 Å². The van der Waals surface area contributed by atoms with E-state index in [0.717, 1.165) is 5.56 Å². The van der Waals surface area contributed by atoms with Crippen molar-refractivity contribution in [3.63, 3.8) is 0 Å². The smallest absolute Gasteiger partial charge is 0.309 e. The maximum atomic E-state index is 12.8. The lowest BCUT2D eigenvalue weighted by atomic mass is 9.95. The summed E-state index contributed by atoms with van der Waals surface area (Å²) >= 11 is 0. The fraction of sp³-hybridized carbons (Fsp3) is 0.519. The molecule has 0 saturated heterocycles. The number of carbonyl (C=O) groups is 3. The van der Waals surface area contributed by atoms with Crippen LogP contribution in [0.4, 0.5) is 0 Å². The lowest BCUT2D eigenvalue weighted by Gasteiger charge is -2.21. The highest BCUT2D eigenvalue weighted by atomic mass is 16.5. The van der Waals surface area contributed by atoms with Crippen molar-refractivity contribution in [3.8, 4) is 0 Å². The van der Waals surface area contributed by atoms with E-state index in [1.807, 2.05) is 30.3 Å². The maximum Gasteiger partial charge on any atom is 0.309 e. The Morgan fingerprint density at radius 1 is 1.06 bits per heavy atom. The van der Waals surface area contributed by atoms with Crippen LogP contribution in [0.5, 0.6) is 0 Å². The fourth-order valence-electron chi connectivity index (χ4n) is 3.46. The summed E-state index contributed by atoms with van der Waals surface area (Å²) in [6, 6.07) is 9.77. The Labute approximate surface area is 208 Å². The van der Waals surface area contributed by atoms with Gasteiger partial charge in [-0.1, -0.05) is 42.5 Å². The van der Waals surface area contributed by atoms with Crippen molar-refractivity contribution in [2.75, 3.05) is 32.9 Å². The molecule has 0 unspecified atom stereocenters. The molecule has 2 amide bonds. The first-order chi connectivity index (χ1) is 16.9. The van der Waals surface area contributed by atoms with Crippen molar-refractivity contribution in [3.05, 3.63) is 61.2 Å². The lowest BCUT2D eigenvalue weighted by molar-refractivity contribution is -0.153. The Kier molecular flexibility index (Phi) is 15.8. The summed E-state index contributed by atoms with van der Waals surface area (Å²) in [5.41, 5.74) is 1.06. The molecule has 194 valence electrons. The number of aliphatic hydroxyl groups excluding tert-OH is 1. The molecule has 1 rings (SSSR count). The van der Waals surface area contributed by atoms with Gasteiger partial charge in [0.25, 0.3) is 0 Å². The second kappa shape index (κ2) is 18.4. The molecule has 0 saturated carbocycles. The van der Waals surface area contributed by atoms with Gasteiger partial charge in [-0.15, -0.1) is 13.2 Å². The van der Waals surface area contributed by atoms with Gasteiger partial charge in [-0.3, -0.25) is 14.4 Å². The maximum absolute atomic E-state index is 12.8. The largest absolute Gasteiger partial charge is 0.461 e. The SMILES string of the molecule is C=CCC[C@H](Cc1ccccc1)C(=O)O[C@@H](C)CNC(=O)[C@H](CC=C)CC(=O)NCCOCCO. The van der Waals surface area contributed by atoms with Gasteiger partial charge in [-0.05, 0) is 38.2 Å². The third kappa shape index (κ3) is 13.5. The van der Waals surface area contributed by atoms with Crippen LogP contribution in [0.2, 0.25) is 0 Å². The predicted molar refractivity (Wildman–Crippen MR) is 135 cm³/mol. The van der Waals surface area contributed by atoms with Crippen LogP contribution >= 0.6 is 0 Å². The molecule has 1 aromatic rings. The molecule has 0 bridgehead atoms. The van der Waals surface area contributed by atoms with Crippen LogP contribution in [0.15, 0.2) is 55.6 Å². The predicted octanol–water partition coefficient (Wildman–Crippen LogP) is 2.57. The second-order valence-electron chi connectivity index (χ2n) is 8.36. The van der Waals surface area contributed by atoms with Gasteiger partial charge in [-0.25, -0.2) is 0 Å². The first-order valence-electron chi connectivity index (χ1n) is 12.1.